The molecule has 1 fully saturated rings. The summed E-state index contributed by atoms with van der Waals surface area (Å²) in [4.78, 5) is 5.56. The van der Waals surface area contributed by atoms with Crippen molar-refractivity contribution in [3.63, 3.8) is 0 Å². The summed E-state index contributed by atoms with van der Waals surface area (Å²) in [6, 6.07) is 4.51. The van der Waals surface area contributed by atoms with Crippen LogP contribution in [0.25, 0.3) is 0 Å². The first-order valence-corrected chi connectivity index (χ1v) is 5.33. The summed E-state index contributed by atoms with van der Waals surface area (Å²) < 4.78 is 0. The summed E-state index contributed by atoms with van der Waals surface area (Å²) in [6.45, 7) is 4.08. The SMILES string of the molecule is C[C@H](c1ccc[nH]1)N1CCC[C@H](O)C1. The predicted molar refractivity (Wildman–Crippen MR) is 56.0 cm³/mol. The van der Waals surface area contributed by atoms with E-state index in [-0.39, 0.29) is 6.10 Å². The van der Waals surface area contributed by atoms with Crippen LogP contribution < -0.4 is 0 Å². The van der Waals surface area contributed by atoms with Gasteiger partial charge in [-0.05, 0) is 38.4 Å². The Morgan fingerprint density at radius 3 is 3.14 bits per heavy atom. The third kappa shape index (κ3) is 1.99. The van der Waals surface area contributed by atoms with Crippen LogP contribution in [0, 0.1) is 0 Å². The fourth-order valence-corrected chi connectivity index (χ4v) is 2.14. The van der Waals surface area contributed by atoms with E-state index in [2.05, 4.69) is 22.9 Å². The molecule has 0 bridgehead atoms. The normalized spacial score (nSPS) is 26.3. The Balaban J connectivity index is 2.00. The van der Waals surface area contributed by atoms with Gasteiger partial charge in [0.05, 0.1) is 6.10 Å². The van der Waals surface area contributed by atoms with Crippen molar-refractivity contribution in [3.05, 3.63) is 24.0 Å². The number of aliphatic hydroxyl groups excluding tert-OH is 1. The van der Waals surface area contributed by atoms with Gasteiger partial charge < -0.3 is 10.1 Å². The Hall–Kier alpha value is -0.800. The summed E-state index contributed by atoms with van der Waals surface area (Å²) in [5.41, 5.74) is 1.24. The summed E-state index contributed by atoms with van der Waals surface area (Å²) in [5.74, 6) is 0. The van der Waals surface area contributed by atoms with Crippen LogP contribution >= 0.6 is 0 Å². The van der Waals surface area contributed by atoms with Crippen LogP contribution in [0.4, 0.5) is 0 Å². The van der Waals surface area contributed by atoms with Crippen LogP contribution in [0.5, 0.6) is 0 Å². The number of aromatic amines is 1. The molecular weight excluding hydrogens is 176 g/mol. The van der Waals surface area contributed by atoms with Crippen molar-refractivity contribution in [3.8, 4) is 0 Å². The lowest BCUT2D eigenvalue weighted by Gasteiger charge is -2.34. The molecule has 1 aromatic rings. The van der Waals surface area contributed by atoms with Gasteiger partial charge in [-0.3, -0.25) is 4.90 Å². The van der Waals surface area contributed by atoms with Crippen LogP contribution in [0.15, 0.2) is 18.3 Å². The van der Waals surface area contributed by atoms with E-state index in [4.69, 9.17) is 0 Å². The number of aliphatic hydroxyl groups is 1. The molecule has 0 saturated carbocycles. The number of hydrogen-bond acceptors (Lipinski definition) is 2. The largest absolute Gasteiger partial charge is 0.392 e. The Kier molecular flexibility index (Phi) is 2.89. The van der Waals surface area contributed by atoms with Gasteiger partial charge >= 0.3 is 0 Å². The highest BCUT2D eigenvalue weighted by Crippen LogP contribution is 2.22. The maximum atomic E-state index is 9.57. The average molecular weight is 194 g/mol. The summed E-state index contributed by atoms with van der Waals surface area (Å²) in [6.07, 6.45) is 3.87. The van der Waals surface area contributed by atoms with Gasteiger partial charge in [-0.15, -0.1) is 0 Å². The molecule has 0 unspecified atom stereocenters. The van der Waals surface area contributed by atoms with E-state index in [9.17, 15) is 5.11 Å². The van der Waals surface area contributed by atoms with Crippen LogP contribution in [-0.2, 0) is 0 Å². The Morgan fingerprint density at radius 2 is 2.50 bits per heavy atom. The van der Waals surface area contributed by atoms with Gasteiger partial charge in [-0.2, -0.15) is 0 Å². The highest BCUT2D eigenvalue weighted by atomic mass is 16.3. The topological polar surface area (TPSA) is 39.3 Å². The van der Waals surface area contributed by atoms with Crippen molar-refractivity contribution in [1.82, 2.24) is 9.88 Å². The molecule has 0 amide bonds. The summed E-state index contributed by atoms with van der Waals surface area (Å²) in [7, 11) is 0. The smallest absolute Gasteiger partial charge is 0.0667 e. The Labute approximate surface area is 84.7 Å². The Bertz CT molecular complexity index is 271. The van der Waals surface area contributed by atoms with Crippen LogP contribution in [0.3, 0.4) is 0 Å². The molecule has 0 aromatic carbocycles. The number of rotatable bonds is 2. The minimum atomic E-state index is -0.138. The van der Waals surface area contributed by atoms with Crippen molar-refractivity contribution >= 4 is 0 Å². The lowest BCUT2D eigenvalue weighted by molar-refractivity contribution is 0.0495. The molecule has 3 heteroatoms. The van der Waals surface area contributed by atoms with E-state index in [1.54, 1.807) is 0 Å². The fraction of sp³-hybridized carbons (Fsp3) is 0.636. The lowest BCUT2D eigenvalue weighted by atomic mass is 10.1. The maximum absolute atomic E-state index is 9.57. The molecule has 2 heterocycles. The summed E-state index contributed by atoms with van der Waals surface area (Å²) in [5, 5.41) is 9.57. The number of nitrogens with one attached hydrogen (secondary N) is 1. The first kappa shape index (κ1) is 9.74. The predicted octanol–water partition coefficient (Wildman–Crippen LogP) is 1.53. The van der Waals surface area contributed by atoms with E-state index in [1.807, 2.05) is 12.3 Å². The van der Waals surface area contributed by atoms with Crippen molar-refractivity contribution in [2.45, 2.75) is 31.9 Å². The molecule has 1 aromatic heterocycles. The maximum Gasteiger partial charge on any atom is 0.0667 e. The zero-order valence-corrected chi connectivity index (χ0v) is 8.61. The van der Waals surface area contributed by atoms with Crippen molar-refractivity contribution in [2.24, 2.45) is 0 Å². The van der Waals surface area contributed by atoms with Crippen LogP contribution in [0.1, 0.15) is 31.5 Å². The van der Waals surface area contributed by atoms with E-state index < -0.39 is 0 Å². The number of aromatic nitrogens is 1. The number of hydrogen-bond donors (Lipinski definition) is 2. The first-order valence-electron chi connectivity index (χ1n) is 5.33. The molecular formula is C11H18N2O. The Morgan fingerprint density at radius 1 is 1.64 bits per heavy atom. The minimum absolute atomic E-state index is 0.138. The van der Waals surface area contributed by atoms with Gasteiger partial charge in [0.25, 0.3) is 0 Å². The lowest BCUT2D eigenvalue weighted by Crippen LogP contribution is -2.39. The van der Waals surface area contributed by atoms with Gasteiger partial charge in [0.15, 0.2) is 0 Å². The molecule has 2 N–H and O–H groups in total. The van der Waals surface area contributed by atoms with Crippen molar-refractivity contribution in [2.75, 3.05) is 13.1 Å². The standard InChI is InChI=1S/C11H18N2O/c1-9(11-5-2-6-12-11)13-7-3-4-10(14)8-13/h2,5-6,9-10,12,14H,3-4,7-8H2,1H3/t9-,10+/m1/s1. The van der Waals surface area contributed by atoms with E-state index in [0.717, 1.165) is 25.9 Å². The van der Waals surface area contributed by atoms with Gasteiger partial charge in [0.1, 0.15) is 0 Å². The molecule has 3 nitrogen and oxygen atoms in total. The van der Waals surface area contributed by atoms with Crippen LogP contribution in [0.2, 0.25) is 0 Å². The number of β-amino-alcohol motifs (C(OH)–C–C–N with tert-alkyl or cyclic N) is 1. The van der Waals surface area contributed by atoms with E-state index in [1.165, 1.54) is 5.69 Å². The van der Waals surface area contributed by atoms with Gasteiger partial charge in [-0.25, -0.2) is 0 Å². The second kappa shape index (κ2) is 4.15. The monoisotopic (exact) mass is 194 g/mol. The molecule has 1 saturated heterocycles. The molecule has 0 spiro atoms. The zero-order valence-electron chi connectivity index (χ0n) is 8.61. The highest BCUT2D eigenvalue weighted by Gasteiger charge is 2.22. The van der Waals surface area contributed by atoms with E-state index in [0.29, 0.717) is 6.04 Å². The zero-order chi connectivity index (χ0) is 9.97. The second-order valence-electron chi connectivity index (χ2n) is 4.09. The quantitative estimate of drug-likeness (QED) is 0.749. The third-order valence-corrected chi connectivity index (χ3v) is 3.05. The third-order valence-electron chi connectivity index (χ3n) is 3.05. The number of piperidine rings is 1. The van der Waals surface area contributed by atoms with Crippen molar-refractivity contribution in [1.29, 1.82) is 0 Å². The van der Waals surface area contributed by atoms with Gasteiger partial charge in [0, 0.05) is 24.5 Å². The first-order chi connectivity index (χ1) is 6.77. The molecule has 1 aliphatic rings. The van der Waals surface area contributed by atoms with Gasteiger partial charge in [-0.1, -0.05) is 0 Å². The average Bonchev–Trinajstić information content (AvgIpc) is 2.69. The fourth-order valence-electron chi connectivity index (χ4n) is 2.14. The highest BCUT2D eigenvalue weighted by molar-refractivity contribution is 5.08. The van der Waals surface area contributed by atoms with E-state index >= 15 is 0 Å². The summed E-state index contributed by atoms with van der Waals surface area (Å²) >= 11 is 0. The molecule has 1 aliphatic heterocycles. The molecule has 0 aliphatic carbocycles. The van der Waals surface area contributed by atoms with Gasteiger partial charge in [0.2, 0.25) is 0 Å². The second-order valence-corrected chi connectivity index (χ2v) is 4.09. The number of H-pyrrole nitrogens is 1. The molecule has 0 radical (unpaired) electrons. The minimum Gasteiger partial charge on any atom is -0.392 e. The molecule has 78 valence electrons. The van der Waals surface area contributed by atoms with Crippen LogP contribution in [-0.4, -0.2) is 34.2 Å². The molecule has 2 rings (SSSR count). The number of nitrogens with zero attached hydrogens (tertiary/aromatic N) is 1. The molecule has 2 atom stereocenters. The molecule has 14 heavy (non-hydrogen) atoms. The number of likely N-dealkylation sites (tertiary alicyclic amines) is 1. The van der Waals surface area contributed by atoms with Crippen molar-refractivity contribution < 1.29 is 5.11 Å².